The molecule has 0 aromatic heterocycles. The smallest absolute Gasteiger partial charge is 0.255 e. The molecular weight excluding hydrogens is 396 g/mol. The molecule has 6 heteroatoms. The van der Waals surface area contributed by atoms with Crippen molar-refractivity contribution in [1.82, 2.24) is 4.90 Å². The molecule has 0 saturated carbocycles. The number of nitrogens with zero attached hydrogens (tertiary/aromatic N) is 1. The van der Waals surface area contributed by atoms with Gasteiger partial charge in [0.05, 0.1) is 12.5 Å². The van der Waals surface area contributed by atoms with Gasteiger partial charge in [0.15, 0.2) is 0 Å². The first-order valence-electron chi connectivity index (χ1n) is 8.63. The van der Waals surface area contributed by atoms with Crippen molar-refractivity contribution in [1.29, 1.82) is 0 Å². The van der Waals surface area contributed by atoms with Crippen molar-refractivity contribution in [2.45, 2.75) is 25.4 Å². The van der Waals surface area contributed by atoms with Crippen LogP contribution in [-0.4, -0.2) is 41.0 Å². The summed E-state index contributed by atoms with van der Waals surface area (Å²) in [5, 5.41) is 12.4. The topological polar surface area (TPSA) is 69.6 Å². The lowest BCUT2D eigenvalue weighted by Gasteiger charge is -2.29. The molecule has 2 aromatic rings. The van der Waals surface area contributed by atoms with Gasteiger partial charge in [0.1, 0.15) is 0 Å². The standard InChI is InChI=1S/C20H21BrN2O3/c21-16-3-1-2-15(13-16)20(26)22-17-6-4-14(5-7-17)12-19(25)23-10-8-18(24)9-11-23/h1-7,13,18,24H,8-12H2,(H,22,26). The van der Waals surface area contributed by atoms with E-state index in [4.69, 9.17) is 0 Å². The first-order valence-corrected chi connectivity index (χ1v) is 9.42. The van der Waals surface area contributed by atoms with Crippen molar-refractivity contribution < 1.29 is 14.7 Å². The van der Waals surface area contributed by atoms with Gasteiger partial charge >= 0.3 is 0 Å². The predicted octanol–water partition coefficient (Wildman–Crippen LogP) is 3.23. The molecule has 136 valence electrons. The van der Waals surface area contributed by atoms with Gasteiger partial charge in [-0.1, -0.05) is 34.1 Å². The average Bonchev–Trinajstić information content (AvgIpc) is 2.64. The summed E-state index contributed by atoms with van der Waals surface area (Å²) in [7, 11) is 0. The highest BCUT2D eigenvalue weighted by Gasteiger charge is 2.21. The summed E-state index contributed by atoms with van der Waals surface area (Å²) in [6, 6.07) is 14.5. The molecule has 2 amide bonds. The average molecular weight is 417 g/mol. The van der Waals surface area contributed by atoms with Crippen LogP contribution in [0.25, 0.3) is 0 Å². The SMILES string of the molecule is O=C(Nc1ccc(CC(=O)N2CCC(O)CC2)cc1)c1cccc(Br)c1. The van der Waals surface area contributed by atoms with E-state index in [1.165, 1.54) is 0 Å². The van der Waals surface area contributed by atoms with Crippen LogP contribution >= 0.6 is 15.9 Å². The molecule has 1 saturated heterocycles. The maximum Gasteiger partial charge on any atom is 0.255 e. The third-order valence-corrected chi connectivity index (χ3v) is 4.96. The number of anilines is 1. The van der Waals surface area contributed by atoms with E-state index in [9.17, 15) is 14.7 Å². The van der Waals surface area contributed by atoms with Gasteiger partial charge < -0.3 is 15.3 Å². The molecule has 5 nitrogen and oxygen atoms in total. The van der Waals surface area contributed by atoms with Crippen molar-refractivity contribution in [3.63, 3.8) is 0 Å². The lowest BCUT2D eigenvalue weighted by molar-refractivity contribution is -0.132. The largest absolute Gasteiger partial charge is 0.393 e. The van der Waals surface area contributed by atoms with E-state index in [0.29, 0.717) is 43.6 Å². The molecular formula is C20H21BrN2O3. The highest BCUT2D eigenvalue weighted by molar-refractivity contribution is 9.10. The maximum atomic E-state index is 12.3. The molecule has 2 N–H and O–H groups in total. The van der Waals surface area contributed by atoms with Gasteiger partial charge in [-0.2, -0.15) is 0 Å². The molecule has 3 rings (SSSR count). The summed E-state index contributed by atoms with van der Waals surface area (Å²) in [5.41, 5.74) is 2.17. The van der Waals surface area contributed by atoms with Crippen LogP contribution in [0.4, 0.5) is 5.69 Å². The van der Waals surface area contributed by atoms with Gasteiger partial charge in [0.2, 0.25) is 5.91 Å². The fourth-order valence-corrected chi connectivity index (χ4v) is 3.34. The van der Waals surface area contributed by atoms with Crippen LogP contribution in [0.1, 0.15) is 28.8 Å². The second-order valence-corrected chi connectivity index (χ2v) is 7.37. The van der Waals surface area contributed by atoms with Crippen molar-refractivity contribution >= 4 is 33.4 Å². The Bertz CT molecular complexity index is 784. The Hall–Kier alpha value is -2.18. The van der Waals surface area contributed by atoms with Crippen molar-refractivity contribution in [3.8, 4) is 0 Å². The number of hydrogen-bond acceptors (Lipinski definition) is 3. The van der Waals surface area contributed by atoms with Crippen LogP contribution in [0.15, 0.2) is 53.0 Å². The quantitative estimate of drug-likeness (QED) is 0.803. The highest BCUT2D eigenvalue weighted by atomic mass is 79.9. The zero-order chi connectivity index (χ0) is 18.5. The second-order valence-electron chi connectivity index (χ2n) is 6.45. The normalized spacial score (nSPS) is 14.9. The Morgan fingerprint density at radius 1 is 1.12 bits per heavy atom. The number of benzene rings is 2. The summed E-state index contributed by atoms with van der Waals surface area (Å²) < 4.78 is 0.851. The minimum absolute atomic E-state index is 0.0721. The van der Waals surface area contributed by atoms with Gasteiger partial charge in [-0.3, -0.25) is 9.59 Å². The number of carbonyl (C=O) groups excluding carboxylic acids is 2. The monoisotopic (exact) mass is 416 g/mol. The number of rotatable bonds is 4. The zero-order valence-corrected chi connectivity index (χ0v) is 15.9. The number of piperidine rings is 1. The Balaban J connectivity index is 1.56. The molecule has 1 aliphatic heterocycles. The van der Waals surface area contributed by atoms with Crippen LogP contribution < -0.4 is 5.32 Å². The lowest BCUT2D eigenvalue weighted by atomic mass is 10.1. The summed E-state index contributed by atoms with van der Waals surface area (Å²) >= 11 is 3.35. The van der Waals surface area contributed by atoms with Gasteiger partial charge in [0, 0.05) is 28.8 Å². The molecule has 0 aliphatic carbocycles. The lowest BCUT2D eigenvalue weighted by Crippen LogP contribution is -2.40. The fraction of sp³-hybridized carbons (Fsp3) is 0.300. The number of hydrogen-bond donors (Lipinski definition) is 2. The minimum Gasteiger partial charge on any atom is -0.393 e. The Kier molecular flexibility index (Phi) is 6.06. The van der Waals surface area contributed by atoms with E-state index >= 15 is 0 Å². The van der Waals surface area contributed by atoms with E-state index in [0.717, 1.165) is 10.0 Å². The summed E-state index contributed by atoms with van der Waals surface area (Å²) in [6.07, 6.45) is 1.33. The Morgan fingerprint density at radius 3 is 2.46 bits per heavy atom. The van der Waals surface area contributed by atoms with Gasteiger partial charge in [-0.25, -0.2) is 0 Å². The highest BCUT2D eigenvalue weighted by Crippen LogP contribution is 2.16. The maximum absolute atomic E-state index is 12.3. The minimum atomic E-state index is -0.285. The summed E-state index contributed by atoms with van der Waals surface area (Å²) in [5.74, 6) is -0.107. The molecule has 1 fully saturated rings. The van der Waals surface area contributed by atoms with Gasteiger partial charge in [0.25, 0.3) is 5.91 Å². The third kappa shape index (κ3) is 4.93. The third-order valence-electron chi connectivity index (χ3n) is 4.47. The number of likely N-dealkylation sites (tertiary alicyclic amines) is 1. The second kappa shape index (κ2) is 8.47. The van der Waals surface area contributed by atoms with E-state index in [2.05, 4.69) is 21.2 Å². The molecule has 26 heavy (non-hydrogen) atoms. The zero-order valence-electron chi connectivity index (χ0n) is 14.3. The Morgan fingerprint density at radius 2 is 1.81 bits per heavy atom. The van der Waals surface area contributed by atoms with Crippen molar-refractivity contribution in [3.05, 3.63) is 64.1 Å². The number of carbonyl (C=O) groups is 2. The number of aliphatic hydroxyl groups is 1. The van der Waals surface area contributed by atoms with E-state index in [1.807, 2.05) is 24.3 Å². The van der Waals surface area contributed by atoms with Crippen molar-refractivity contribution in [2.24, 2.45) is 0 Å². The Labute approximate surface area is 161 Å². The van der Waals surface area contributed by atoms with Crippen LogP contribution in [0.3, 0.4) is 0 Å². The fourth-order valence-electron chi connectivity index (χ4n) is 2.94. The first-order chi connectivity index (χ1) is 12.5. The number of nitrogens with one attached hydrogen (secondary N) is 1. The number of halogens is 1. The summed E-state index contributed by atoms with van der Waals surface area (Å²) in [4.78, 5) is 26.4. The van der Waals surface area contributed by atoms with Gasteiger partial charge in [-0.15, -0.1) is 0 Å². The van der Waals surface area contributed by atoms with Crippen molar-refractivity contribution in [2.75, 3.05) is 18.4 Å². The van der Waals surface area contributed by atoms with E-state index < -0.39 is 0 Å². The number of aliphatic hydroxyl groups excluding tert-OH is 1. The molecule has 0 atom stereocenters. The molecule has 1 aliphatic rings. The van der Waals surface area contributed by atoms with Crippen LogP contribution in [0, 0.1) is 0 Å². The molecule has 0 unspecified atom stereocenters. The first kappa shape index (κ1) is 18.6. The van der Waals surface area contributed by atoms with E-state index in [-0.39, 0.29) is 17.9 Å². The van der Waals surface area contributed by atoms with E-state index in [1.54, 1.807) is 29.2 Å². The molecule has 0 bridgehead atoms. The van der Waals surface area contributed by atoms with Crippen LogP contribution in [0.2, 0.25) is 0 Å². The number of amides is 2. The molecule has 0 spiro atoms. The summed E-state index contributed by atoms with van der Waals surface area (Å²) in [6.45, 7) is 1.22. The van der Waals surface area contributed by atoms with Gasteiger partial charge in [-0.05, 0) is 48.7 Å². The molecule has 2 aromatic carbocycles. The molecule has 0 radical (unpaired) electrons. The van der Waals surface area contributed by atoms with Crippen LogP contribution in [-0.2, 0) is 11.2 Å². The predicted molar refractivity (Wildman–Crippen MR) is 104 cm³/mol. The molecule has 1 heterocycles. The van der Waals surface area contributed by atoms with Crippen LogP contribution in [0.5, 0.6) is 0 Å².